The predicted octanol–water partition coefficient (Wildman–Crippen LogP) is 3.12. The molecule has 2 rings (SSSR count). The molecular formula is C11H14BrN. The molecule has 70 valence electrons. The van der Waals surface area contributed by atoms with Crippen molar-refractivity contribution in [1.29, 1.82) is 0 Å². The van der Waals surface area contributed by atoms with Crippen molar-refractivity contribution in [3.05, 3.63) is 34.3 Å². The molecule has 1 unspecified atom stereocenters. The summed E-state index contributed by atoms with van der Waals surface area (Å²) in [6.45, 7) is 5.71. The standard InChI is InChI=1S/C11H14BrN/c1-11(2)7-13-10(11)8-5-3-4-6-9(8)12/h3-6,10,13H,7H2,1-2H3. The Morgan fingerprint density at radius 2 is 2.08 bits per heavy atom. The minimum absolute atomic E-state index is 0.393. The summed E-state index contributed by atoms with van der Waals surface area (Å²) >= 11 is 3.58. The average Bonchev–Trinajstić information content (AvgIpc) is 2.07. The van der Waals surface area contributed by atoms with Gasteiger partial charge in [-0.3, -0.25) is 0 Å². The molecule has 1 saturated heterocycles. The van der Waals surface area contributed by atoms with Crippen LogP contribution in [0.2, 0.25) is 0 Å². The van der Waals surface area contributed by atoms with Gasteiger partial charge in [-0.25, -0.2) is 0 Å². The summed E-state index contributed by atoms with van der Waals surface area (Å²) in [5, 5.41) is 3.46. The zero-order valence-corrected chi connectivity index (χ0v) is 9.56. The summed E-state index contributed by atoms with van der Waals surface area (Å²) in [6.07, 6.45) is 0. The Labute approximate surface area is 87.7 Å². The topological polar surface area (TPSA) is 12.0 Å². The van der Waals surface area contributed by atoms with Crippen molar-refractivity contribution in [3.63, 3.8) is 0 Å². The Kier molecular flexibility index (Phi) is 2.20. The third-order valence-electron chi connectivity index (χ3n) is 2.76. The lowest BCUT2D eigenvalue weighted by Gasteiger charge is -2.46. The number of hydrogen-bond acceptors (Lipinski definition) is 1. The van der Waals surface area contributed by atoms with Crippen LogP contribution in [0.5, 0.6) is 0 Å². The molecule has 0 aliphatic carbocycles. The van der Waals surface area contributed by atoms with Gasteiger partial charge in [0.05, 0.1) is 0 Å². The molecule has 1 nitrogen and oxygen atoms in total. The van der Waals surface area contributed by atoms with E-state index in [4.69, 9.17) is 0 Å². The molecule has 1 aliphatic heterocycles. The van der Waals surface area contributed by atoms with E-state index in [0.717, 1.165) is 6.54 Å². The van der Waals surface area contributed by atoms with E-state index in [-0.39, 0.29) is 0 Å². The molecule has 0 radical (unpaired) electrons. The molecule has 1 aromatic rings. The number of halogens is 1. The Hall–Kier alpha value is -0.340. The minimum Gasteiger partial charge on any atom is -0.309 e. The molecule has 1 N–H and O–H groups in total. The maximum atomic E-state index is 3.58. The lowest BCUT2D eigenvalue weighted by atomic mass is 9.74. The second-order valence-corrected chi connectivity index (χ2v) is 5.18. The highest BCUT2D eigenvalue weighted by Crippen LogP contribution is 2.42. The van der Waals surface area contributed by atoms with Gasteiger partial charge in [0.1, 0.15) is 0 Å². The molecule has 0 saturated carbocycles. The van der Waals surface area contributed by atoms with Gasteiger partial charge >= 0.3 is 0 Å². The molecule has 1 fully saturated rings. The van der Waals surface area contributed by atoms with E-state index < -0.39 is 0 Å². The monoisotopic (exact) mass is 239 g/mol. The first-order chi connectivity index (χ1) is 6.11. The highest BCUT2D eigenvalue weighted by molar-refractivity contribution is 9.10. The quantitative estimate of drug-likeness (QED) is 0.795. The van der Waals surface area contributed by atoms with E-state index in [1.807, 2.05) is 0 Å². The van der Waals surface area contributed by atoms with Crippen LogP contribution in [-0.4, -0.2) is 6.54 Å². The maximum absolute atomic E-state index is 3.58. The first-order valence-electron chi connectivity index (χ1n) is 4.59. The van der Waals surface area contributed by atoms with Gasteiger partial charge in [0.2, 0.25) is 0 Å². The molecule has 0 spiro atoms. The maximum Gasteiger partial charge on any atom is 0.0395 e. The summed E-state index contributed by atoms with van der Waals surface area (Å²) in [5.74, 6) is 0. The average molecular weight is 240 g/mol. The SMILES string of the molecule is CC1(C)CNC1c1ccccc1Br. The second kappa shape index (κ2) is 3.10. The van der Waals surface area contributed by atoms with Crippen LogP contribution in [0.25, 0.3) is 0 Å². The lowest BCUT2D eigenvalue weighted by Crippen LogP contribution is -2.52. The van der Waals surface area contributed by atoms with E-state index in [1.54, 1.807) is 0 Å². The van der Waals surface area contributed by atoms with Crippen LogP contribution in [-0.2, 0) is 0 Å². The van der Waals surface area contributed by atoms with Crippen LogP contribution in [0.3, 0.4) is 0 Å². The molecule has 1 aliphatic rings. The lowest BCUT2D eigenvalue weighted by molar-refractivity contribution is 0.128. The Bertz CT molecular complexity index is 320. The van der Waals surface area contributed by atoms with E-state index in [1.165, 1.54) is 10.0 Å². The minimum atomic E-state index is 0.393. The molecule has 1 heterocycles. The van der Waals surface area contributed by atoms with Crippen molar-refractivity contribution in [2.24, 2.45) is 5.41 Å². The van der Waals surface area contributed by atoms with Crippen molar-refractivity contribution < 1.29 is 0 Å². The second-order valence-electron chi connectivity index (χ2n) is 4.32. The van der Waals surface area contributed by atoms with Gasteiger partial charge in [0.25, 0.3) is 0 Å². The third kappa shape index (κ3) is 1.53. The fourth-order valence-corrected chi connectivity index (χ4v) is 2.37. The van der Waals surface area contributed by atoms with Crippen molar-refractivity contribution in [3.8, 4) is 0 Å². The Morgan fingerprint density at radius 1 is 1.38 bits per heavy atom. The van der Waals surface area contributed by atoms with Gasteiger partial charge in [-0.2, -0.15) is 0 Å². The van der Waals surface area contributed by atoms with E-state index in [9.17, 15) is 0 Å². The fraction of sp³-hybridized carbons (Fsp3) is 0.455. The van der Waals surface area contributed by atoms with Crippen LogP contribution in [0.1, 0.15) is 25.5 Å². The van der Waals surface area contributed by atoms with Crippen LogP contribution < -0.4 is 5.32 Å². The van der Waals surface area contributed by atoms with Crippen molar-refractivity contribution in [2.45, 2.75) is 19.9 Å². The first kappa shape index (κ1) is 9.22. The molecular weight excluding hydrogens is 226 g/mol. The summed E-state index contributed by atoms with van der Waals surface area (Å²) in [5.41, 5.74) is 1.77. The predicted molar refractivity (Wildman–Crippen MR) is 58.7 cm³/mol. The number of hydrogen-bond donors (Lipinski definition) is 1. The molecule has 1 atom stereocenters. The Balaban J connectivity index is 2.32. The van der Waals surface area contributed by atoms with Gasteiger partial charge in [0.15, 0.2) is 0 Å². The Morgan fingerprint density at radius 3 is 2.54 bits per heavy atom. The number of nitrogens with one attached hydrogen (secondary N) is 1. The molecule has 0 amide bonds. The van der Waals surface area contributed by atoms with Crippen LogP contribution in [0.15, 0.2) is 28.7 Å². The van der Waals surface area contributed by atoms with Gasteiger partial charge in [-0.15, -0.1) is 0 Å². The van der Waals surface area contributed by atoms with Crippen LogP contribution in [0.4, 0.5) is 0 Å². The van der Waals surface area contributed by atoms with E-state index >= 15 is 0 Å². The highest BCUT2D eigenvalue weighted by Gasteiger charge is 2.39. The molecule has 0 aromatic heterocycles. The summed E-state index contributed by atoms with van der Waals surface area (Å²) in [6, 6.07) is 8.94. The summed E-state index contributed by atoms with van der Waals surface area (Å²) in [4.78, 5) is 0. The van der Waals surface area contributed by atoms with Crippen molar-refractivity contribution in [1.82, 2.24) is 5.32 Å². The first-order valence-corrected chi connectivity index (χ1v) is 5.38. The van der Waals surface area contributed by atoms with Gasteiger partial charge in [0, 0.05) is 17.1 Å². The zero-order valence-electron chi connectivity index (χ0n) is 7.97. The molecule has 13 heavy (non-hydrogen) atoms. The zero-order chi connectivity index (χ0) is 9.47. The number of rotatable bonds is 1. The molecule has 1 aromatic carbocycles. The van der Waals surface area contributed by atoms with Crippen molar-refractivity contribution in [2.75, 3.05) is 6.54 Å². The number of benzene rings is 1. The van der Waals surface area contributed by atoms with E-state index in [2.05, 4.69) is 59.4 Å². The van der Waals surface area contributed by atoms with Crippen LogP contribution >= 0.6 is 15.9 Å². The largest absolute Gasteiger partial charge is 0.309 e. The highest BCUT2D eigenvalue weighted by atomic mass is 79.9. The van der Waals surface area contributed by atoms with Gasteiger partial charge in [-0.05, 0) is 17.0 Å². The van der Waals surface area contributed by atoms with Crippen molar-refractivity contribution >= 4 is 15.9 Å². The summed E-state index contributed by atoms with van der Waals surface area (Å²) in [7, 11) is 0. The van der Waals surface area contributed by atoms with Gasteiger partial charge < -0.3 is 5.32 Å². The molecule has 0 bridgehead atoms. The fourth-order valence-electron chi connectivity index (χ4n) is 1.85. The summed E-state index contributed by atoms with van der Waals surface area (Å²) < 4.78 is 1.21. The van der Waals surface area contributed by atoms with E-state index in [0.29, 0.717) is 11.5 Å². The van der Waals surface area contributed by atoms with Gasteiger partial charge in [-0.1, -0.05) is 48.0 Å². The smallest absolute Gasteiger partial charge is 0.0395 e. The molecule has 2 heteroatoms. The normalized spacial score (nSPS) is 25.3. The third-order valence-corrected chi connectivity index (χ3v) is 3.48. The van der Waals surface area contributed by atoms with Crippen LogP contribution in [0, 0.1) is 5.41 Å².